The molecule has 0 saturated heterocycles. The maximum atomic E-state index is 13.9. The number of rotatable bonds is 8. The van der Waals surface area contributed by atoms with Crippen LogP contribution in [0, 0.1) is 0 Å². The van der Waals surface area contributed by atoms with Crippen LogP contribution in [0.15, 0.2) is 80.4 Å². The smallest absolute Gasteiger partial charge is 0.453 e. The van der Waals surface area contributed by atoms with Gasteiger partial charge in [-0.1, -0.05) is 40.2 Å². The highest BCUT2D eigenvalue weighted by molar-refractivity contribution is 9.10. The molecule has 0 N–H and O–H groups in total. The van der Waals surface area contributed by atoms with Crippen LogP contribution in [0.3, 0.4) is 0 Å². The van der Waals surface area contributed by atoms with E-state index in [2.05, 4.69) is 15.9 Å². The molecule has 6 nitrogen and oxygen atoms in total. The third kappa shape index (κ3) is 5.54. The first kappa shape index (κ1) is 25.3. The van der Waals surface area contributed by atoms with Gasteiger partial charge in [-0.3, -0.25) is 9.59 Å². The van der Waals surface area contributed by atoms with Crippen LogP contribution in [0.1, 0.15) is 23.0 Å². The van der Waals surface area contributed by atoms with Gasteiger partial charge in [0.05, 0.1) is 12.0 Å². The highest BCUT2D eigenvalue weighted by Gasteiger charge is 2.40. The molecule has 0 unspecified atom stereocenters. The Balaban J connectivity index is 1.68. The Kier molecular flexibility index (Phi) is 7.35. The first-order valence-corrected chi connectivity index (χ1v) is 11.5. The molecule has 36 heavy (non-hydrogen) atoms. The van der Waals surface area contributed by atoms with E-state index in [0.29, 0.717) is 5.56 Å². The molecule has 0 aliphatic heterocycles. The number of ether oxygens (including phenoxy) is 3. The SMILES string of the molecule is CCOc1ccccc1Oc1c(C(F)(F)F)oc2cc(OCC(=O)c3ccc(Br)cc3)ccc2c1=O. The molecule has 1 aromatic heterocycles. The lowest BCUT2D eigenvalue weighted by Crippen LogP contribution is -2.16. The molecule has 4 rings (SSSR count). The molecular formula is C26H18BrF3O6. The maximum Gasteiger partial charge on any atom is 0.453 e. The van der Waals surface area contributed by atoms with Crippen molar-refractivity contribution in [2.24, 2.45) is 0 Å². The number of alkyl halides is 3. The summed E-state index contributed by atoms with van der Waals surface area (Å²) in [6.45, 7) is 1.58. The van der Waals surface area contributed by atoms with E-state index in [1.807, 2.05) is 0 Å². The van der Waals surface area contributed by atoms with E-state index < -0.39 is 23.1 Å². The van der Waals surface area contributed by atoms with Gasteiger partial charge in [0.25, 0.3) is 5.76 Å². The molecule has 0 aliphatic rings. The zero-order valence-electron chi connectivity index (χ0n) is 18.7. The largest absolute Gasteiger partial charge is 0.490 e. The summed E-state index contributed by atoms with van der Waals surface area (Å²) in [5, 5.41) is -0.154. The Morgan fingerprint density at radius 2 is 1.67 bits per heavy atom. The molecule has 0 amide bonds. The van der Waals surface area contributed by atoms with E-state index in [1.54, 1.807) is 37.3 Å². The van der Waals surface area contributed by atoms with Crippen LogP contribution in [-0.2, 0) is 6.18 Å². The number of carbonyl (C=O) groups excluding carboxylic acids is 1. The summed E-state index contributed by atoms with van der Waals surface area (Å²) in [5.41, 5.74) is -0.988. The first-order chi connectivity index (χ1) is 17.2. The quantitative estimate of drug-likeness (QED) is 0.215. The highest BCUT2D eigenvalue weighted by Crippen LogP contribution is 2.40. The van der Waals surface area contributed by atoms with Gasteiger partial charge in [0.2, 0.25) is 11.2 Å². The summed E-state index contributed by atoms with van der Waals surface area (Å²) < 4.78 is 63.7. The monoisotopic (exact) mass is 562 g/mol. The topological polar surface area (TPSA) is 75.0 Å². The summed E-state index contributed by atoms with van der Waals surface area (Å²) >= 11 is 3.28. The molecule has 0 radical (unpaired) electrons. The number of benzene rings is 3. The Hall–Kier alpha value is -3.79. The van der Waals surface area contributed by atoms with Crippen molar-refractivity contribution in [3.63, 3.8) is 0 Å². The summed E-state index contributed by atoms with van der Waals surface area (Å²) in [4.78, 5) is 25.4. The Bertz CT molecular complexity index is 1460. The molecule has 3 aromatic carbocycles. The fourth-order valence-electron chi connectivity index (χ4n) is 3.31. The molecule has 0 spiro atoms. The molecule has 4 aromatic rings. The Labute approximate surface area is 211 Å². The molecule has 10 heteroatoms. The summed E-state index contributed by atoms with van der Waals surface area (Å²) in [6.07, 6.45) is -5.03. The average Bonchev–Trinajstić information content (AvgIpc) is 2.85. The second kappa shape index (κ2) is 10.4. The minimum atomic E-state index is -5.03. The molecule has 186 valence electrons. The minimum absolute atomic E-state index is 0.0552. The standard InChI is InChI=1S/C26H18BrF3O6/c1-2-33-20-5-3-4-6-21(20)35-24-23(32)18-12-11-17(13-22(18)36-25(24)26(28,29)30)34-14-19(31)15-7-9-16(27)10-8-15/h3-13H,2,14H2,1H3. The van der Waals surface area contributed by atoms with E-state index >= 15 is 0 Å². The van der Waals surface area contributed by atoms with Crippen LogP contribution in [0.2, 0.25) is 0 Å². The van der Waals surface area contributed by atoms with Gasteiger partial charge < -0.3 is 18.6 Å². The van der Waals surface area contributed by atoms with Gasteiger partial charge in [0.15, 0.2) is 23.9 Å². The molecule has 0 saturated carbocycles. The predicted molar refractivity (Wildman–Crippen MR) is 129 cm³/mol. The molecule has 1 heterocycles. The van der Waals surface area contributed by atoms with Crippen molar-refractivity contribution in [2.75, 3.05) is 13.2 Å². The van der Waals surface area contributed by atoms with Crippen LogP contribution in [0.4, 0.5) is 13.2 Å². The third-order valence-corrected chi connectivity index (χ3v) is 5.51. The molecule has 0 atom stereocenters. The van der Waals surface area contributed by atoms with Crippen molar-refractivity contribution >= 4 is 32.7 Å². The van der Waals surface area contributed by atoms with Crippen molar-refractivity contribution < 1.29 is 36.6 Å². The third-order valence-electron chi connectivity index (χ3n) is 4.98. The summed E-state index contributed by atoms with van der Waals surface area (Å²) in [6, 6.07) is 16.4. The van der Waals surface area contributed by atoms with Gasteiger partial charge in [-0.25, -0.2) is 0 Å². The Morgan fingerprint density at radius 3 is 2.33 bits per heavy atom. The van der Waals surface area contributed by atoms with Gasteiger partial charge in [-0.15, -0.1) is 0 Å². The fourth-order valence-corrected chi connectivity index (χ4v) is 3.58. The van der Waals surface area contributed by atoms with Crippen LogP contribution in [-0.4, -0.2) is 19.0 Å². The molecule has 0 aliphatic carbocycles. The van der Waals surface area contributed by atoms with Gasteiger partial charge in [-0.05, 0) is 43.3 Å². The first-order valence-electron chi connectivity index (χ1n) is 10.7. The van der Waals surface area contributed by atoms with Crippen LogP contribution in [0.5, 0.6) is 23.0 Å². The average molecular weight is 563 g/mol. The van der Waals surface area contributed by atoms with Crippen molar-refractivity contribution in [1.29, 1.82) is 0 Å². The van der Waals surface area contributed by atoms with E-state index in [4.69, 9.17) is 18.6 Å². The normalized spacial score (nSPS) is 11.4. The van der Waals surface area contributed by atoms with Crippen molar-refractivity contribution in [3.8, 4) is 23.0 Å². The number of hydrogen-bond donors (Lipinski definition) is 0. The predicted octanol–water partition coefficient (Wildman–Crippen LogP) is 7.03. The number of fused-ring (bicyclic) bond motifs is 1. The van der Waals surface area contributed by atoms with Crippen LogP contribution < -0.4 is 19.6 Å². The lowest BCUT2D eigenvalue weighted by atomic mass is 10.1. The second-order valence-electron chi connectivity index (χ2n) is 7.45. The highest BCUT2D eigenvalue weighted by atomic mass is 79.9. The fraction of sp³-hybridized carbons (Fsp3) is 0.154. The van der Waals surface area contributed by atoms with Crippen molar-refractivity contribution in [2.45, 2.75) is 13.1 Å². The van der Waals surface area contributed by atoms with Crippen molar-refractivity contribution in [1.82, 2.24) is 0 Å². The number of halogens is 4. The number of ketones is 1. The number of Topliss-reactive ketones (excluding diaryl/α,β-unsaturated/α-hetero) is 1. The van der Waals surface area contributed by atoms with Crippen molar-refractivity contribution in [3.05, 3.63) is 92.7 Å². The Morgan fingerprint density at radius 1 is 0.972 bits per heavy atom. The molecule has 0 bridgehead atoms. The van der Waals surface area contributed by atoms with E-state index in [9.17, 15) is 22.8 Å². The zero-order chi connectivity index (χ0) is 25.9. The van der Waals surface area contributed by atoms with Gasteiger partial charge in [0, 0.05) is 16.1 Å². The van der Waals surface area contributed by atoms with Gasteiger partial charge in [-0.2, -0.15) is 13.2 Å². The summed E-state index contributed by atoms with van der Waals surface area (Å²) in [7, 11) is 0. The zero-order valence-corrected chi connectivity index (χ0v) is 20.3. The number of carbonyl (C=O) groups is 1. The maximum absolute atomic E-state index is 13.9. The number of hydrogen-bond acceptors (Lipinski definition) is 6. The molecule has 0 fully saturated rings. The van der Waals surface area contributed by atoms with E-state index in [1.165, 1.54) is 30.3 Å². The second-order valence-corrected chi connectivity index (χ2v) is 8.36. The summed E-state index contributed by atoms with van der Waals surface area (Å²) in [5.74, 6) is -2.79. The van der Waals surface area contributed by atoms with Crippen LogP contribution >= 0.6 is 15.9 Å². The molecular weight excluding hydrogens is 545 g/mol. The van der Waals surface area contributed by atoms with Gasteiger partial charge in [0.1, 0.15) is 11.3 Å². The number of para-hydroxylation sites is 2. The van der Waals surface area contributed by atoms with Gasteiger partial charge >= 0.3 is 6.18 Å². The van der Waals surface area contributed by atoms with Crippen LogP contribution in [0.25, 0.3) is 11.0 Å². The minimum Gasteiger partial charge on any atom is -0.490 e. The lowest BCUT2D eigenvalue weighted by molar-refractivity contribution is -0.154. The lowest BCUT2D eigenvalue weighted by Gasteiger charge is -2.15. The van der Waals surface area contributed by atoms with E-state index in [0.717, 1.165) is 10.5 Å². The van der Waals surface area contributed by atoms with E-state index in [-0.39, 0.29) is 47.2 Å².